The summed E-state index contributed by atoms with van der Waals surface area (Å²) in [4.78, 5) is 3.29. The highest BCUT2D eigenvalue weighted by Gasteiger charge is 2.31. The van der Waals surface area contributed by atoms with Gasteiger partial charge in [-0.25, -0.2) is 0 Å². The van der Waals surface area contributed by atoms with E-state index in [0.29, 0.717) is 0 Å². The van der Waals surface area contributed by atoms with Crippen LogP contribution in [0.4, 0.5) is 13.2 Å². The molecule has 1 N–H and O–H groups in total. The van der Waals surface area contributed by atoms with Crippen molar-refractivity contribution in [2.75, 3.05) is 7.05 Å². The zero-order valence-corrected chi connectivity index (χ0v) is 5.37. The van der Waals surface area contributed by atoms with Gasteiger partial charge in [0.05, 0.1) is 6.34 Å². The summed E-state index contributed by atoms with van der Waals surface area (Å²) >= 11 is 0. The largest absolute Gasteiger partial charge is 0.430 e. The van der Waals surface area contributed by atoms with Crippen molar-refractivity contribution in [3.05, 3.63) is 12.3 Å². The maximum absolute atomic E-state index is 11.5. The molecule has 0 radical (unpaired) electrons. The highest BCUT2D eigenvalue weighted by Crippen LogP contribution is 2.20. The van der Waals surface area contributed by atoms with Crippen LogP contribution in [-0.4, -0.2) is 19.6 Å². The molecule has 0 aliphatic heterocycles. The van der Waals surface area contributed by atoms with Crippen molar-refractivity contribution in [2.45, 2.75) is 6.18 Å². The molecule has 0 saturated carbocycles. The van der Waals surface area contributed by atoms with E-state index in [1.807, 2.05) is 5.32 Å². The van der Waals surface area contributed by atoms with Crippen LogP contribution in [0.3, 0.4) is 0 Å². The van der Waals surface area contributed by atoms with Crippen molar-refractivity contribution < 1.29 is 13.2 Å². The molecule has 0 aromatic heterocycles. The predicted molar refractivity (Wildman–Crippen MR) is 32.7 cm³/mol. The molecule has 0 heterocycles. The molecule has 0 fully saturated rings. The van der Waals surface area contributed by atoms with Gasteiger partial charge in [0.25, 0.3) is 0 Å². The molecule has 0 saturated heterocycles. The number of hydrogen-bond donors (Lipinski definition) is 1. The van der Waals surface area contributed by atoms with Crippen LogP contribution in [0.25, 0.3) is 0 Å². The molecule has 0 atom stereocenters. The number of rotatable bonds is 2. The smallest absolute Gasteiger partial charge is 0.343 e. The molecule has 10 heavy (non-hydrogen) atoms. The van der Waals surface area contributed by atoms with Gasteiger partial charge in [0, 0.05) is 7.05 Å². The lowest BCUT2D eigenvalue weighted by molar-refractivity contribution is -0.0942. The number of hydrogen-bond acceptors (Lipinski definition) is 1. The van der Waals surface area contributed by atoms with Crippen molar-refractivity contribution >= 4 is 6.34 Å². The van der Waals surface area contributed by atoms with Crippen LogP contribution in [0, 0.1) is 0 Å². The normalized spacial score (nSPS) is 12.0. The van der Waals surface area contributed by atoms with Gasteiger partial charge in [-0.2, -0.15) is 13.2 Å². The van der Waals surface area contributed by atoms with Crippen LogP contribution >= 0.6 is 0 Å². The standard InChI is InChI=1S/C5H7F3N2/c1-4(5(6,7)8)10-3-9-2/h3H,1H2,2H3,(H,9,10). The topological polar surface area (TPSA) is 24.4 Å². The molecule has 0 aliphatic rings. The average molecular weight is 152 g/mol. The average Bonchev–Trinajstić information content (AvgIpc) is 1.80. The van der Waals surface area contributed by atoms with Gasteiger partial charge >= 0.3 is 6.18 Å². The summed E-state index contributed by atoms with van der Waals surface area (Å²) in [5.74, 6) is 0. The quantitative estimate of drug-likeness (QED) is 0.468. The first-order valence-corrected chi connectivity index (χ1v) is 2.41. The van der Waals surface area contributed by atoms with Gasteiger partial charge in [-0.1, -0.05) is 6.58 Å². The molecule has 58 valence electrons. The van der Waals surface area contributed by atoms with Crippen molar-refractivity contribution in [1.82, 2.24) is 5.32 Å². The molecule has 2 nitrogen and oxygen atoms in total. The number of nitrogens with one attached hydrogen (secondary N) is 1. The molecular formula is C5H7F3N2. The third kappa shape index (κ3) is 3.11. The summed E-state index contributed by atoms with van der Waals surface area (Å²) in [6.45, 7) is 2.74. The van der Waals surface area contributed by atoms with Crippen LogP contribution in [0.15, 0.2) is 17.3 Å². The lowest BCUT2D eigenvalue weighted by atomic mass is 10.5. The zero-order valence-electron chi connectivity index (χ0n) is 5.37. The number of nitrogens with zero attached hydrogens (tertiary/aromatic N) is 1. The van der Waals surface area contributed by atoms with Gasteiger partial charge in [-0.3, -0.25) is 4.99 Å². The van der Waals surface area contributed by atoms with Crippen LogP contribution in [0.2, 0.25) is 0 Å². The Bertz CT molecular complexity index is 147. The zero-order chi connectivity index (χ0) is 8.20. The van der Waals surface area contributed by atoms with Gasteiger partial charge in [0.15, 0.2) is 0 Å². The van der Waals surface area contributed by atoms with E-state index in [9.17, 15) is 13.2 Å². The fourth-order valence-corrected chi connectivity index (χ4v) is 0.224. The van der Waals surface area contributed by atoms with Crippen LogP contribution < -0.4 is 5.32 Å². The number of halogens is 3. The molecular weight excluding hydrogens is 145 g/mol. The molecule has 5 heteroatoms. The van der Waals surface area contributed by atoms with E-state index < -0.39 is 11.9 Å². The molecule has 0 spiro atoms. The summed E-state index contributed by atoms with van der Waals surface area (Å²) in [5, 5.41) is 1.86. The first kappa shape index (κ1) is 9.00. The van der Waals surface area contributed by atoms with E-state index in [1.165, 1.54) is 7.05 Å². The SMILES string of the molecule is C=C(NC=NC)C(F)(F)F. The van der Waals surface area contributed by atoms with Gasteiger partial charge < -0.3 is 5.32 Å². The monoisotopic (exact) mass is 152 g/mol. The summed E-state index contributed by atoms with van der Waals surface area (Å²) in [6, 6.07) is 0. The second kappa shape index (κ2) is 3.24. The highest BCUT2D eigenvalue weighted by molar-refractivity contribution is 5.57. The second-order valence-corrected chi connectivity index (χ2v) is 1.51. The van der Waals surface area contributed by atoms with Crippen molar-refractivity contribution in [1.29, 1.82) is 0 Å². The molecule has 0 aromatic rings. The Balaban J connectivity index is 3.86. The predicted octanol–water partition coefficient (Wildman–Crippen LogP) is 1.31. The Labute approximate surface area is 56.5 Å². The minimum absolute atomic E-state index is 0.926. The third-order valence-electron chi connectivity index (χ3n) is 0.710. The molecule has 0 bridgehead atoms. The van der Waals surface area contributed by atoms with E-state index in [-0.39, 0.29) is 0 Å². The van der Waals surface area contributed by atoms with Gasteiger partial charge in [0.1, 0.15) is 5.70 Å². The van der Waals surface area contributed by atoms with E-state index in [2.05, 4.69) is 11.6 Å². The minimum Gasteiger partial charge on any atom is -0.343 e. The Morgan fingerprint density at radius 3 is 2.40 bits per heavy atom. The lowest BCUT2D eigenvalue weighted by Gasteiger charge is -2.07. The Kier molecular flexibility index (Phi) is 2.92. The van der Waals surface area contributed by atoms with Crippen LogP contribution in [-0.2, 0) is 0 Å². The molecule has 0 aliphatic carbocycles. The van der Waals surface area contributed by atoms with E-state index >= 15 is 0 Å². The summed E-state index contributed by atoms with van der Waals surface area (Å²) in [7, 11) is 1.36. The number of aliphatic imine (C=N–C) groups is 1. The Morgan fingerprint density at radius 1 is 1.60 bits per heavy atom. The van der Waals surface area contributed by atoms with Crippen LogP contribution in [0.1, 0.15) is 0 Å². The summed E-state index contributed by atoms with van der Waals surface area (Å²) < 4.78 is 34.6. The second-order valence-electron chi connectivity index (χ2n) is 1.51. The Hall–Kier alpha value is -1.00. The molecule has 0 aromatic carbocycles. The highest BCUT2D eigenvalue weighted by atomic mass is 19.4. The van der Waals surface area contributed by atoms with Gasteiger partial charge in [0.2, 0.25) is 0 Å². The third-order valence-corrected chi connectivity index (χ3v) is 0.710. The van der Waals surface area contributed by atoms with Gasteiger partial charge in [-0.15, -0.1) is 0 Å². The number of alkyl halides is 3. The fourth-order valence-electron chi connectivity index (χ4n) is 0.224. The molecule has 0 unspecified atom stereocenters. The van der Waals surface area contributed by atoms with Crippen molar-refractivity contribution in [3.8, 4) is 0 Å². The first-order valence-electron chi connectivity index (χ1n) is 2.41. The molecule has 0 amide bonds. The summed E-state index contributed by atoms with van der Waals surface area (Å²) in [6.07, 6.45) is -3.46. The fraction of sp³-hybridized carbons (Fsp3) is 0.400. The maximum Gasteiger partial charge on any atom is 0.430 e. The summed E-state index contributed by atoms with van der Waals surface area (Å²) in [5.41, 5.74) is -1.02. The number of allylic oxidation sites excluding steroid dienone is 1. The Morgan fingerprint density at radius 2 is 2.10 bits per heavy atom. The van der Waals surface area contributed by atoms with E-state index in [0.717, 1.165) is 6.34 Å². The maximum atomic E-state index is 11.5. The lowest BCUT2D eigenvalue weighted by Crippen LogP contribution is -2.23. The first-order chi connectivity index (χ1) is 4.48. The van der Waals surface area contributed by atoms with Crippen molar-refractivity contribution in [2.24, 2.45) is 4.99 Å². The minimum atomic E-state index is -4.39. The van der Waals surface area contributed by atoms with E-state index in [1.54, 1.807) is 0 Å². The van der Waals surface area contributed by atoms with E-state index in [4.69, 9.17) is 0 Å². The molecule has 0 rings (SSSR count). The van der Waals surface area contributed by atoms with Crippen LogP contribution in [0.5, 0.6) is 0 Å². The van der Waals surface area contributed by atoms with Crippen molar-refractivity contribution in [3.63, 3.8) is 0 Å². The van der Waals surface area contributed by atoms with Gasteiger partial charge in [-0.05, 0) is 0 Å².